The quantitative estimate of drug-likeness (QED) is 0.537. The standard InChI is InChI=1S/C28H33ClN6O3/c1-19-17-34(26(37)22-12-11-21(15-23(22)29)35-14-8-13-31-35)24-10-7-6-9-20(24)18-33(19)27(38)30-16-25(36)32(5)28(2,3)4/h6-15,19H,16-18H2,1-5H3,(H,30,38)/t19-/m1/s1. The second-order valence-electron chi connectivity index (χ2n) is 10.4. The summed E-state index contributed by atoms with van der Waals surface area (Å²) >= 11 is 6.57. The number of anilines is 1. The van der Waals surface area contributed by atoms with E-state index in [-0.39, 0.29) is 42.5 Å². The summed E-state index contributed by atoms with van der Waals surface area (Å²) < 4.78 is 1.67. The van der Waals surface area contributed by atoms with Crippen molar-refractivity contribution in [2.75, 3.05) is 25.0 Å². The smallest absolute Gasteiger partial charge is 0.318 e. The topological polar surface area (TPSA) is 90.8 Å². The van der Waals surface area contributed by atoms with Crippen LogP contribution >= 0.6 is 11.6 Å². The molecule has 2 aromatic carbocycles. The van der Waals surface area contributed by atoms with Gasteiger partial charge in [-0.1, -0.05) is 29.8 Å². The average Bonchev–Trinajstić information content (AvgIpc) is 3.38. The van der Waals surface area contributed by atoms with Crippen molar-refractivity contribution in [1.29, 1.82) is 0 Å². The van der Waals surface area contributed by atoms with E-state index in [4.69, 9.17) is 11.6 Å². The number of fused-ring (bicyclic) bond motifs is 1. The number of carbonyl (C=O) groups is 3. The van der Waals surface area contributed by atoms with Crippen molar-refractivity contribution in [3.63, 3.8) is 0 Å². The van der Waals surface area contributed by atoms with Crippen LogP contribution in [0.2, 0.25) is 5.02 Å². The van der Waals surface area contributed by atoms with Crippen LogP contribution < -0.4 is 10.2 Å². The average molecular weight is 537 g/mol. The first-order valence-electron chi connectivity index (χ1n) is 12.5. The summed E-state index contributed by atoms with van der Waals surface area (Å²) in [6.45, 7) is 8.13. The van der Waals surface area contributed by atoms with Crippen LogP contribution in [0.25, 0.3) is 5.69 Å². The Hall–Kier alpha value is -3.85. The van der Waals surface area contributed by atoms with Gasteiger partial charge in [-0.2, -0.15) is 5.10 Å². The second-order valence-corrected chi connectivity index (χ2v) is 10.8. The van der Waals surface area contributed by atoms with Gasteiger partial charge in [0.05, 0.1) is 22.8 Å². The molecule has 200 valence electrons. The van der Waals surface area contributed by atoms with Gasteiger partial charge >= 0.3 is 6.03 Å². The van der Waals surface area contributed by atoms with Gasteiger partial charge in [-0.05, 0) is 63.6 Å². The molecule has 0 aliphatic carbocycles. The van der Waals surface area contributed by atoms with E-state index in [2.05, 4.69) is 10.4 Å². The van der Waals surface area contributed by atoms with Crippen LogP contribution in [-0.2, 0) is 11.3 Å². The molecule has 10 heteroatoms. The molecular weight excluding hydrogens is 504 g/mol. The SMILES string of the molecule is C[C@@H]1CN(C(=O)c2ccc(-n3cccn3)cc2Cl)c2ccccc2CN1C(=O)NCC(=O)N(C)C(C)(C)C. The highest BCUT2D eigenvalue weighted by molar-refractivity contribution is 6.34. The zero-order valence-corrected chi connectivity index (χ0v) is 23.1. The number of urea groups is 1. The number of para-hydroxylation sites is 1. The van der Waals surface area contributed by atoms with Crippen LogP contribution in [0, 0.1) is 0 Å². The summed E-state index contributed by atoms with van der Waals surface area (Å²) in [5, 5.41) is 7.29. The Kier molecular flexibility index (Phi) is 7.78. The first-order valence-corrected chi connectivity index (χ1v) is 12.9. The number of rotatable bonds is 4. The van der Waals surface area contributed by atoms with Crippen LogP contribution in [0.5, 0.6) is 0 Å². The molecule has 0 bridgehead atoms. The molecule has 0 unspecified atom stereocenters. The third-order valence-corrected chi connectivity index (χ3v) is 7.14. The molecule has 2 heterocycles. The number of benzene rings is 2. The molecule has 9 nitrogen and oxygen atoms in total. The van der Waals surface area contributed by atoms with E-state index in [1.165, 1.54) is 0 Å². The number of nitrogens with one attached hydrogen (secondary N) is 1. The van der Waals surface area contributed by atoms with Crippen molar-refractivity contribution in [2.24, 2.45) is 0 Å². The third kappa shape index (κ3) is 5.67. The lowest BCUT2D eigenvalue weighted by molar-refractivity contribution is -0.132. The number of carbonyl (C=O) groups excluding carboxylic acids is 3. The first kappa shape index (κ1) is 27.2. The molecule has 1 N–H and O–H groups in total. The normalized spacial score (nSPS) is 15.5. The van der Waals surface area contributed by atoms with Gasteiger partial charge in [0.25, 0.3) is 5.91 Å². The van der Waals surface area contributed by atoms with E-state index in [0.29, 0.717) is 17.1 Å². The van der Waals surface area contributed by atoms with E-state index >= 15 is 0 Å². The summed E-state index contributed by atoms with van der Waals surface area (Å²) in [6.07, 6.45) is 3.47. The fourth-order valence-electron chi connectivity index (χ4n) is 4.30. The highest BCUT2D eigenvalue weighted by atomic mass is 35.5. The Morgan fingerprint density at radius 3 is 2.53 bits per heavy atom. The molecule has 0 fully saturated rings. The number of hydrogen-bond acceptors (Lipinski definition) is 4. The molecule has 1 atom stereocenters. The molecule has 0 spiro atoms. The van der Waals surface area contributed by atoms with Crippen molar-refractivity contribution in [3.8, 4) is 5.69 Å². The maximum absolute atomic E-state index is 13.8. The Balaban J connectivity index is 1.55. The molecule has 38 heavy (non-hydrogen) atoms. The van der Waals surface area contributed by atoms with Crippen molar-refractivity contribution in [3.05, 3.63) is 77.1 Å². The van der Waals surface area contributed by atoms with Gasteiger partial charge in [-0.15, -0.1) is 0 Å². The number of aromatic nitrogens is 2. The molecule has 1 aromatic heterocycles. The van der Waals surface area contributed by atoms with E-state index in [0.717, 1.165) is 16.9 Å². The highest BCUT2D eigenvalue weighted by Gasteiger charge is 2.33. The number of likely N-dealkylation sites (N-methyl/N-ethyl adjacent to an activating group) is 1. The molecule has 0 radical (unpaired) electrons. The third-order valence-electron chi connectivity index (χ3n) is 6.83. The van der Waals surface area contributed by atoms with Gasteiger partial charge in [-0.3, -0.25) is 9.59 Å². The largest absolute Gasteiger partial charge is 0.339 e. The van der Waals surface area contributed by atoms with Crippen molar-refractivity contribution >= 4 is 35.1 Å². The Labute approximate surface area is 228 Å². The van der Waals surface area contributed by atoms with E-state index < -0.39 is 0 Å². The minimum Gasteiger partial charge on any atom is -0.339 e. The van der Waals surface area contributed by atoms with Crippen LogP contribution in [0.1, 0.15) is 43.6 Å². The molecule has 0 saturated carbocycles. The fourth-order valence-corrected chi connectivity index (χ4v) is 4.56. The van der Waals surface area contributed by atoms with E-state index in [1.807, 2.05) is 58.0 Å². The Bertz CT molecular complexity index is 1330. The molecular formula is C28H33ClN6O3. The number of hydrogen-bond donors (Lipinski definition) is 1. The zero-order valence-electron chi connectivity index (χ0n) is 22.3. The van der Waals surface area contributed by atoms with Gasteiger partial charge in [-0.25, -0.2) is 9.48 Å². The Morgan fingerprint density at radius 1 is 1.13 bits per heavy atom. The monoisotopic (exact) mass is 536 g/mol. The van der Waals surface area contributed by atoms with Gasteiger partial charge in [0.15, 0.2) is 0 Å². The van der Waals surface area contributed by atoms with Gasteiger partial charge < -0.3 is 20.0 Å². The summed E-state index contributed by atoms with van der Waals surface area (Å²) in [5.74, 6) is -0.440. The lowest BCUT2D eigenvalue weighted by Gasteiger charge is -2.33. The van der Waals surface area contributed by atoms with Gasteiger partial charge in [0, 0.05) is 49.8 Å². The zero-order chi connectivity index (χ0) is 27.6. The van der Waals surface area contributed by atoms with E-state index in [9.17, 15) is 14.4 Å². The van der Waals surface area contributed by atoms with Crippen LogP contribution in [0.15, 0.2) is 60.9 Å². The molecule has 4 amide bonds. The minimum absolute atomic E-state index is 0.113. The van der Waals surface area contributed by atoms with Crippen molar-refractivity contribution in [1.82, 2.24) is 24.9 Å². The molecule has 3 aromatic rings. The van der Waals surface area contributed by atoms with Crippen molar-refractivity contribution < 1.29 is 14.4 Å². The number of amides is 4. The highest BCUT2D eigenvalue weighted by Crippen LogP contribution is 2.30. The summed E-state index contributed by atoms with van der Waals surface area (Å²) in [7, 11) is 1.72. The van der Waals surface area contributed by atoms with Gasteiger partial charge in [0.1, 0.15) is 0 Å². The van der Waals surface area contributed by atoms with Crippen molar-refractivity contribution in [2.45, 2.75) is 45.8 Å². The number of halogens is 1. The second kappa shape index (κ2) is 10.9. The van der Waals surface area contributed by atoms with Crippen LogP contribution in [0.3, 0.4) is 0 Å². The Morgan fingerprint density at radius 2 is 1.87 bits per heavy atom. The minimum atomic E-state index is -0.362. The summed E-state index contributed by atoms with van der Waals surface area (Å²) in [4.78, 5) is 44.5. The maximum Gasteiger partial charge on any atom is 0.318 e. The molecule has 4 rings (SSSR count). The first-order chi connectivity index (χ1) is 18.0. The van der Waals surface area contributed by atoms with E-state index in [1.54, 1.807) is 57.0 Å². The molecule has 1 aliphatic rings. The van der Waals surface area contributed by atoms with Gasteiger partial charge in [0.2, 0.25) is 5.91 Å². The van der Waals surface area contributed by atoms with Crippen LogP contribution in [-0.4, -0.2) is 69.1 Å². The lowest BCUT2D eigenvalue weighted by Crippen LogP contribution is -2.52. The fraction of sp³-hybridized carbons (Fsp3) is 0.357. The predicted octanol–water partition coefficient (Wildman–Crippen LogP) is 4.34. The predicted molar refractivity (Wildman–Crippen MR) is 148 cm³/mol. The number of nitrogens with zero attached hydrogens (tertiary/aromatic N) is 5. The summed E-state index contributed by atoms with van der Waals surface area (Å²) in [6, 6.07) is 13.8. The molecule has 0 saturated heterocycles. The van der Waals surface area contributed by atoms with Crippen LogP contribution in [0.4, 0.5) is 10.5 Å². The summed E-state index contributed by atoms with van der Waals surface area (Å²) in [5.41, 5.74) is 2.29. The molecule has 1 aliphatic heterocycles. The lowest BCUT2D eigenvalue weighted by atomic mass is 10.1. The maximum atomic E-state index is 13.8.